The molecule has 0 fully saturated rings. The minimum atomic E-state index is -1.70. The van der Waals surface area contributed by atoms with Crippen LogP contribution in [0.3, 0.4) is 0 Å². The molecule has 2 unspecified atom stereocenters. The van der Waals surface area contributed by atoms with E-state index in [0.29, 0.717) is 12.6 Å². The monoisotopic (exact) mass is 231 g/mol. The fraction of sp³-hybridized carbons (Fsp3) is 0.600. The fourth-order valence-electron chi connectivity index (χ4n) is 1.31. The Balaban J connectivity index is 2.08. The van der Waals surface area contributed by atoms with Crippen molar-refractivity contribution in [2.24, 2.45) is 0 Å². The van der Waals surface area contributed by atoms with E-state index in [2.05, 4.69) is 12.2 Å². The molecule has 5 heteroatoms. The molecule has 1 heterocycles. The predicted octanol–water partition coefficient (Wildman–Crippen LogP) is 1.41. The van der Waals surface area contributed by atoms with E-state index in [0.717, 1.165) is 18.6 Å². The SMILES string of the molecule is CC(CCc1ccco1)NCCS(=O)O. The average molecular weight is 231 g/mol. The summed E-state index contributed by atoms with van der Waals surface area (Å²) in [5.41, 5.74) is 0. The first kappa shape index (κ1) is 12.4. The standard InChI is InChI=1S/C10H17NO3S/c1-9(11-6-8-15(12)13)4-5-10-3-2-7-14-10/h2-3,7,9,11H,4-6,8H2,1H3,(H,12,13). The van der Waals surface area contributed by atoms with Gasteiger partial charge in [0.25, 0.3) is 0 Å². The Labute approximate surface area is 92.3 Å². The van der Waals surface area contributed by atoms with Crippen LogP contribution in [0.15, 0.2) is 22.8 Å². The van der Waals surface area contributed by atoms with Crippen molar-refractivity contribution in [1.82, 2.24) is 5.32 Å². The van der Waals surface area contributed by atoms with E-state index in [9.17, 15) is 4.21 Å². The van der Waals surface area contributed by atoms with Crippen molar-refractivity contribution in [3.05, 3.63) is 24.2 Å². The topological polar surface area (TPSA) is 62.5 Å². The van der Waals surface area contributed by atoms with Gasteiger partial charge in [-0.05, 0) is 25.5 Å². The highest BCUT2D eigenvalue weighted by atomic mass is 32.2. The number of aryl methyl sites for hydroxylation is 1. The molecule has 1 rings (SSSR count). The minimum Gasteiger partial charge on any atom is -0.469 e. The van der Waals surface area contributed by atoms with Crippen LogP contribution < -0.4 is 5.32 Å². The Bertz CT molecular complexity index is 287. The molecular weight excluding hydrogens is 214 g/mol. The molecule has 0 saturated carbocycles. The van der Waals surface area contributed by atoms with E-state index in [4.69, 9.17) is 8.97 Å². The van der Waals surface area contributed by atoms with Crippen molar-refractivity contribution in [3.63, 3.8) is 0 Å². The smallest absolute Gasteiger partial charge is 0.154 e. The summed E-state index contributed by atoms with van der Waals surface area (Å²) in [6, 6.07) is 4.16. The van der Waals surface area contributed by atoms with Crippen molar-refractivity contribution in [2.45, 2.75) is 25.8 Å². The first-order valence-electron chi connectivity index (χ1n) is 5.01. The lowest BCUT2D eigenvalue weighted by atomic mass is 10.1. The van der Waals surface area contributed by atoms with Crippen LogP contribution in [0.5, 0.6) is 0 Å². The van der Waals surface area contributed by atoms with E-state index >= 15 is 0 Å². The summed E-state index contributed by atoms with van der Waals surface area (Å²) in [6.07, 6.45) is 3.53. The number of furan rings is 1. The number of rotatable bonds is 7. The maximum absolute atomic E-state index is 10.4. The average Bonchev–Trinajstić information content (AvgIpc) is 2.66. The molecule has 1 aromatic heterocycles. The zero-order valence-electron chi connectivity index (χ0n) is 8.81. The summed E-state index contributed by atoms with van der Waals surface area (Å²) in [5.74, 6) is 1.26. The van der Waals surface area contributed by atoms with Crippen LogP contribution in [0.1, 0.15) is 19.1 Å². The normalized spacial score (nSPS) is 15.1. The van der Waals surface area contributed by atoms with Gasteiger partial charge in [-0.15, -0.1) is 0 Å². The maximum atomic E-state index is 10.4. The summed E-state index contributed by atoms with van der Waals surface area (Å²) in [5, 5.41) is 3.18. The van der Waals surface area contributed by atoms with E-state index in [-0.39, 0.29) is 5.75 Å². The molecule has 86 valence electrons. The van der Waals surface area contributed by atoms with E-state index in [1.54, 1.807) is 6.26 Å². The third-order valence-corrected chi connectivity index (χ3v) is 2.73. The van der Waals surface area contributed by atoms with Gasteiger partial charge in [0, 0.05) is 19.0 Å². The van der Waals surface area contributed by atoms with Crippen LogP contribution in [-0.2, 0) is 17.5 Å². The molecule has 0 saturated heterocycles. The zero-order valence-corrected chi connectivity index (χ0v) is 9.63. The summed E-state index contributed by atoms with van der Waals surface area (Å²) in [7, 11) is 0. The summed E-state index contributed by atoms with van der Waals surface area (Å²) in [4.78, 5) is 0. The highest BCUT2D eigenvalue weighted by Crippen LogP contribution is 2.05. The second-order valence-electron chi connectivity index (χ2n) is 3.50. The lowest BCUT2D eigenvalue weighted by molar-refractivity contribution is 0.464. The number of nitrogens with one attached hydrogen (secondary N) is 1. The Kier molecular flexibility index (Phi) is 5.60. The number of hydrogen-bond acceptors (Lipinski definition) is 3. The molecule has 4 nitrogen and oxygen atoms in total. The highest BCUT2D eigenvalue weighted by Gasteiger charge is 2.03. The van der Waals surface area contributed by atoms with Gasteiger partial charge in [-0.2, -0.15) is 0 Å². The predicted molar refractivity (Wildman–Crippen MR) is 60.1 cm³/mol. The van der Waals surface area contributed by atoms with Crippen LogP contribution in [0.2, 0.25) is 0 Å². The zero-order chi connectivity index (χ0) is 11.1. The van der Waals surface area contributed by atoms with Crippen LogP contribution in [0, 0.1) is 0 Å². The molecule has 15 heavy (non-hydrogen) atoms. The van der Waals surface area contributed by atoms with Gasteiger partial charge in [-0.3, -0.25) is 0 Å². The van der Waals surface area contributed by atoms with Crippen molar-refractivity contribution in [1.29, 1.82) is 0 Å². The van der Waals surface area contributed by atoms with Crippen molar-refractivity contribution < 1.29 is 13.2 Å². The van der Waals surface area contributed by atoms with Crippen LogP contribution in [0.4, 0.5) is 0 Å². The lowest BCUT2D eigenvalue weighted by Crippen LogP contribution is -2.30. The molecule has 0 radical (unpaired) electrons. The van der Waals surface area contributed by atoms with E-state index in [1.165, 1.54) is 0 Å². The molecule has 0 amide bonds. The molecule has 0 spiro atoms. The highest BCUT2D eigenvalue weighted by molar-refractivity contribution is 7.79. The van der Waals surface area contributed by atoms with Gasteiger partial charge < -0.3 is 14.3 Å². The second kappa shape index (κ2) is 6.76. The van der Waals surface area contributed by atoms with Gasteiger partial charge in [-0.25, -0.2) is 4.21 Å². The van der Waals surface area contributed by atoms with Crippen molar-refractivity contribution >= 4 is 11.1 Å². The molecule has 0 aliphatic heterocycles. The van der Waals surface area contributed by atoms with E-state index in [1.807, 2.05) is 12.1 Å². The summed E-state index contributed by atoms with van der Waals surface area (Å²) < 4.78 is 24.2. The molecule has 2 atom stereocenters. The minimum absolute atomic E-state index is 0.283. The first-order chi connectivity index (χ1) is 7.18. The quantitative estimate of drug-likeness (QED) is 0.696. The van der Waals surface area contributed by atoms with Crippen LogP contribution >= 0.6 is 0 Å². The van der Waals surface area contributed by atoms with Gasteiger partial charge >= 0.3 is 0 Å². The number of hydrogen-bond donors (Lipinski definition) is 2. The lowest BCUT2D eigenvalue weighted by Gasteiger charge is -2.11. The second-order valence-corrected chi connectivity index (χ2v) is 4.55. The fourth-order valence-corrected chi connectivity index (χ4v) is 1.60. The Hall–Kier alpha value is -0.650. The Morgan fingerprint density at radius 3 is 3.07 bits per heavy atom. The van der Waals surface area contributed by atoms with E-state index < -0.39 is 11.1 Å². The molecule has 0 aliphatic carbocycles. The Morgan fingerprint density at radius 2 is 2.47 bits per heavy atom. The third kappa shape index (κ3) is 5.71. The molecule has 2 N–H and O–H groups in total. The maximum Gasteiger partial charge on any atom is 0.154 e. The molecular formula is C10H17NO3S. The Morgan fingerprint density at radius 1 is 1.67 bits per heavy atom. The van der Waals surface area contributed by atoms with Crippen molar-refractivity contribution in [3.8, 4) is 0 Å². The molecule has 0 bridgehead atoms. The van der Waals surface area contributed by atoms with Gasteiger partial charge in [0.2, 0.25) is 0 Å². The van der Waals surface area contributed by atoms with Gasteiger partial charge in [0.05, 0.1) is 12.0 Å². The van der Waals surface area contributed by atoms with Gasteiger partial charge in [0.1, 0.15) is 5.76 Å². The molecule has 0 aromatic carbocycles. The van der Waals surface area contributed by atoms with Crippen molar-refractivity contribution in [2.75, 3.05) is 12.3 Å². The van der Waals surface area contributed by atoms with Crippen LogP contribution in [-0.4, -0.2) is 27.1 Å². The third-order valence-electron chi connectivity index (χ3n) is 2.17. The first-order valence-corrected chi connectivity index (χ1v) is 6.29. The summed E-state index contributed by atoms with van der Waals surface area (Å²) >= 11 is -1.70. The van der Waals surface area contributed by atoms with Gasteiger partial charge in [-0.1, -0.05) is 0 Å². The molecule has 1 aromatic rings. The van der Waals surface area contributed by atoms with Crippen LogP contribution in [0.25, 0.3) is 0 Å². The van der Waals surface area contributed by atoms with Gasteiger partial charge in [0.15, 0.2) is 11.1 Å². The molecule has 0 aliphatic rings. The summed E-state index contributed by atoms with van der Waals surface area (Å²) in [6.45, 7) is 2.63. The largest absolute Gasteiger partial charge is 0.469 e.